The molecule has 0 fully saturated rings. The molecule has 0 saturated carbocycles. The number of ether oxygens (including phenoxy) is 2. The molecular formula is C19H23Cl2NO2. The molecule has 0 aliphatic heterocycles. The van der Waals surface area contributed by atoms with Crippen molar-refractivity contribution >= 4 is 23.2 Å². The minimum absolute atomic E-state index is 0.404. The Morgan fingerprint density at radius 3 is 2.46 bits per heavy atom. The third-order valence-corrected chi connectivity index (χ3v) is 4.15. The van der Waals surface area contributed by atoms with Gasteiger partial charge in [0.25, 0.3) is 0 Å². The Bertz CT molecular complexity index is 645. The summed E-state index contributed by atoms with van der Waals surface area (Å²) in [4.78, 5) is 0. The van der Waals surface area contributed by atoms with Crippen LogP contribution in [0.1, 0.15) is 30.9 Å². The molecule has 24 heavy (non-hydrogen) atoms. The van der Waals surface area contributed by atoms with Crippen molar-refractivity contribution in [2.45, 2.75) is 32.9 Å². The molecule has 5 heteroatoms. The van der Waals surface area contributed by atoms with Crippen LogP contribution in [-0.4, -0.2) is 13.7 Å². The lowest BCUT2D eigenvalue weighted by molar-refractivity contribution is 0.284. The average molecular weight is 368 g/mol. The molecule has 0 atom stereocenters. The zero-order valence-electron chi connectivity index (χ0n) is 14.1. The summed E-state index contributed by atoms with van der Waals surface area (Å²) < 4.78 is 11.3. The summed E-state index contributed by atoms with van der Waals surface area (Å²) in [5.41, 5.74) is 2.09. The summed E-state index contributed by atoms with van der Waals surface area (Å²) in [7, 11) is 1.62. The smallest absolute Gasteiger partial charge is 0.180 e. The zero-order valence-corrected chi connectivity index (χ0v) is 15.6. The van der Waals surface area contributed by atoms with Gasteiger partial charge in [-0.05, 0) is 48.4 Å². The van der Waals surface area contributed by atoms with Gasteiger partial charge in [-0.3, -0.25) is 0 Å². The van der Waals surface area contributed by atoms with Crippen molar-refractivity contribution in [2.75, 3.05) is 13.7 Å². The Balaban J connectivity index is 2.04. The van der Waals surface area contributed by atoms with E-state index in [1.54, 1.807) is 7.11 Å². The van der Waals surface area contributed by atoms with Crippen molar-refractivity contribution in [1.29, 1.82) is 0 Å². The second-order valence-electron chi connectivity index (χ2n) is 5.55. The second-order valence-corrected chi connectivity index (χ2v) is 6.40. The summed E-state index contributed by atoms with van der Waals surface area (Å²) in [6.07, 6.45) is 2.34. The molecule has 3 nitrogen and oxygen atoms in total. The number of unbranched alkanes of at least 4 members (excludes halogenated alkanes) is 1. The number of rotatable bonds is 9. The van der Waals surface area contributed by atoms with Gasteiger partial charge >= 0.3 is 0 Å². The zero-order chi connectivity index (χ0) is 17.4. The molecule has 0 aliphatic carbocycles. The molecule has 2 aromatic rings. The van der Waals surface area contributed by atoms with Crippen LogP contribution < -0.4 is 14.8 Å². The van der Waals surface area contributed by atoms with Crippen molar-refractivity contribution in [3.8, 4) is 11.5 Å². The molecule has 2 rings (SSSR count). The van der Waals surface area contributed by atoms with Gasteiger partial charge in [0, 0.05) is 11.6 Å². The molecular weight excluding hydrogens is 345 g/mol. The van der Waals surface area contributed by atoms with Gasteiger partial charge in [-0.25, -0.2) is 0 Å². The molecule has 2 aromatic carbocycles. The number of halogens is 2. The summed E-state index contributed by atoms with van der Waals surface area (Å²) in [6.45, 7) is 4.33. The lowest BCUT2D eigenvalue weighted by Crippen LogP contribution is -2.14. The Hall–Kier alpha value is -1.42. The topological polar surface area (TPSA) is 30.5 Å². The predicted molar refractivity (Wildman–Crippen MR) is 100 cm³/mol. The largest absolute Gasteiger partial charge is 0.493 e. The first-order valence-corrected chi connectivity index (χ1v) is 8.84. The summed E-state index contributed by atoms with van der Waals surface area (Å²) in [6, 6.07) is 11.4. The Kier molecular flexibility index (Phi) is 7.70. The molecule has 0 aliphatic rings. The van der Waals surface area contributed by atoms with Crippen LogP contribution in [0.3, 0.4) is 0 Å². The SMILES string of the molecule is CCCCNCc1cc(Cl)c(OCc2ccc(Cl)cc2)c(OC)c1. The van der Waals surface area contributed by atoms with Crippen LogP contribution in [0.15, 0.2) is 36.4 Å². The second kappa shape index (κ2) is 9.77. The van der Waals surface area contributed by atoms with Gasteiger partial charge in [-0.15, -0.1) is 0 Å². The van der Waals surface area contributed by atoms with E-state index in [1.807, 2.05) is 36.4 Å². The van der Waals surface area contributed by atoms with Crippen molar-refractivity contribution in [3.63, 3.8) is 0 Å². The Labute approximate surface area is 153 Å². The van der Waals surface area contributed by atoms with Gasteiger partial charge in [0.05, 0.1) is 12.1 Å². The lowest BCUT2D eigenvalue weighted by Gasteiger charge is -2.15. The van der Waals surface area contributed by atoms with E-state index < -0.39 is 0 Å². The maximum Gasteiger partial charge on any atom is 0.180 e. The fourth-order valence-electron chi connectivity index (χ4n) is 2.29. The predicted octanol–water partition coefficient (Wildman–Crippen LogP) is 5.47. The summed E-state index contributed by atoms with van der Waals surface area (Å²) in [5, 5.41) is 4.65. The van der Waals surface area contributed by atoms with E-state index in [0.717, 1.165) is 30.6 Å². The van der Waals surface area contributed by atoms with E-state index in [2.05, 4.69) is 12.2 Å². The van der Waals surface area contributed by atoms with E-state index in [1.165, 1.54) is 6.42 Å². The van der Waals surface area contributed by atoms with Crippen LogP contribution in [-0.2, 0) is 13.2 Å². The highest BCUT2D eigenvalue weighted by Gasteiger charge is 2.12. The number of benzene rings is 2. The van der Waals surface area contributed by atoms with Gasteiger partial charge in [-0.1, -0.05) is 48.7 Å². The minimum Gasteiger partial charge on any atom is -0.493 e. The molecule has 0 heterocycles. The lowest BCUT2D eigenvalue weighted by atomic mass is 10.2. The van der Waals surface area contributed by atoms with Crippen molar-refractivity contribution < 1.29 is 9.47 Å². The van der Waals surface area contributed by atoms with Gasteiger partial charge < -0.3 is 14.8 Å². The highest BCUT2D eigenvalue weighted by atomic mass is 35.5. The number of methoxy groups -OCH3 is 1. The van der Waals surface area contributed by atoms with Crippen molar-refractivity contribution in [3.05, 3.63) is 57.6 Å². The van der Waals surface area contributed by atoms with Crippen LogP contribution in [0.25, 0.3) is 0 Å². The number of nitrogens with one attached hydrogen (secondary N) is 1. The maximum absolute atomic E-state index is 6.39. The fraction of sp³-hybridized carbons (Fsp3) is 0.368. The van der Waals surface area contributed by atoms with E-state index in [-0.39, 0.29) is 0 Å². The first-order chi connectivity index (χ1) is 11.6. The normalized spacial score (nSPS) is 10.7. The van der Waals surface area contributed by atoms with E-state index >= 15 is 0 Å². The molecule has 0 saturated heterocycles. The molecule has 1 N–H and O–H groups in total. The molecule has 0 aromatic heterocycles. The summed E-state index contributed by atoms with van der Waals surface area (Å²) >= 11 is 12.3. The Morgan fingerprint density at radius 2 is 1.79 bits per heavy atom. The van der Waals surface area contributed by atoms with Gasteiger partial charge in [0.1, 0.15) is 6.61 Å². The maximum atomic E-state index is 6.39. The van der Waals surface area contributed by atoms with Crippen LogP contribution in [0.2, 0.25) is 10.0 Å². The van der Waals surface area contributed by atoms with E-state index in [9.17, 15) is 0 Å². The molecule has 0 amide bonds. The third-order valence-electron chi connectivity index (χ3n) is 3.62. The van der Waals surface area contributed by atoms with Crippen LogP contribution in [0.5, 0.6) is 11.5 Å². The first-order valence-electron chi connectivity index (χ1n) is 8.08. The molecule has 130 valence electrons. The highest BCUT2D eigenvalue weighted by molar-refractivity contribution is 6.32. The van der Waals surface area contributed by atoms with E-state index in [0.29, 0.717) is 28.2 Å². The number of hydrogen-bond acceptors (Lipinski definition) is 3. The monoisotopic (exact) mass is 367 g/mol. The van der Waals surface area contributed by atoms with Crippen molar-refractivity contribution in [1.82, 2.24) is 5.32 Å². The highest BCUT2D eigenvalue weighted by Crippen LogP contribution is 2.37. The van der Waals surface area contributed by atoms with Gasteiger partial charge in [-0.2, -0.15) is 0 Å². The molecule has 0 radical (unpaired) electrons. The average Bonchev–Trinajstić information content (AvgIpc) is 2.59. The molecule has 0 bridgehead atoms. The minimum atomic E-state index is 0.404. The van der Waals surface area contributed by atoms with E-state index in [4.69, 9.17) is 32.7 Å². The first kappa shape index (κ1) is 18.9. The van der Waals surface area contributed by atoms with Crippen LogP contribution in [0, 0.1) is 0 Å². The Morgan fingerprint density at radius 1 is 1.04 bits per heavy atom. The van der Waals surface area contributed by atoms with Gasteiger partial charge in [0.2, 0.25) is 0 Å². The number of hydrogen-bond donors (Lipinski definition) is 1. The summed E-state index contributed by atoms with van der Waals surface area (Å²) in [5.74, 6) is 1.20. The standard InChI is InChI=1S/C19H23Cl2NO2/c1-3-4-9-22-12-15-10-17(21)19(18(11-15)23-2)24-13-14-5-7-16(20)8-6-14/h5-8,10-11,22H,3-4,9,12-13H2,1-2H3. The third kappa shape index (κ3) is 5.59. The quantitative estimate of drug-likeness (QED) is 0.596. The van der Waals surface area contributed by atoms with Crippen LogP contribution >= 0.6 is 23.2 Å². The molecule has 0 spiro atoms. The fourth-order valence-corrected chi connectivity index (χ4v) is 2.70. The van der Waals surface area contributed by atoms with Crippen LogP contribution in [0.4, 0.5) is 0 Å². The van der Waals surface area contributed by atoms with Crippen molar-refractivity contribution in [2.24, 2.45) is 0 Å². The van der Waals surface area contributed by atoms with Gasteiger partial charge in [0.15, 0.2) is 11.5 Å². The molecule has 0 unspecified atom stereocenters.